The molecular weight excluding hydrogens is 363 g/mol. The van der Waals surface area contributed by atoms with Gasteiger partial charge in [0.15, 0.2) is 12.4 Å². The first-order valence-corrected chi connectivity index (χ1v) is 7.87. The first kappa shape index (κ1) is 18.4. The maximum absolute atomic E-state index is 13.0. The second-order valence-electron chi connectivity index (χ2n) is 5.43. The molecule has 2 aromatic carbocycles. The van der Waals surface area contributed by atoms with E-state index in [-0.39, 0.29) is 24.9 Å². The molecule has 1 amide bonds. The number of carbonyl (C=O) groups excluding carboxylic acids is 1. The van der Waals surface area contributed by atoms with Gasteiger partial charge < -0.3 is 14.6 Å². The molecular formula is C18H14F3N3O3. The van der Waals surface area contributed by atoms with E-state index in [4.69, 9.17) is 9.26 Å². The molecule has 0 saturated heterocycles. The number of rotatable bonds is 6. The summed E-state index contributed by atoms with van der Waals surface area (Å²) < 4.78 is 49.3. The van der Waals surface area contributed by atoms with Crippen LogP contribution in [0.3, 0.4) is 0 Å². The van der Waals surface area contributed by atoms with Crippen LogP contribution < -0.4 is 10.1 Å². The first-order chi connectivity index (χ1) is 12.9. The van der Waals surface area contributed by atoms with Gasteiger partial charge in [0.1, 0.15) is 5.75 Å². The van der Waals surface area contributed by atoms with Crippen molar-refractivity contribution in [2.45, 2.75) is 19.3 Å². The summed E-state index contributed by atoms with van der Waals surface area (Å²) >= 11 is 0. The third kappa shape index (κ3) is 4.84. The molecule has 0 fully saturated rings. The van der Waals surface area contributed by atoms with Crippen molar-refractivity contribution < 1.29 is 27.2 Å². The molecule has 0 bridgehead atoms. The van der Waals surface area contributed by atoms with Crippen molar-refractivity contribution in [1.29, 1.82) is 0 Å². The van der Waals surface area contributed by atoms with Gasteiger partial charge in [0, 0.05) is 0 Å². The highest BCUT2D eigenvalue weighted by Gasteiger charge is 2.34. The number of carbonyl (C=O) groups is 1. The van der Waals surface area contributed by atoms with Gasteiger partial charge in [-0.15, -0.1) is 0 Å². The largest absolute Gasteiger partial charge is 0.484 e. The van der Waals surface area contributed by atoms with Crippen molar-refractivity contribution >= 4 is 5.91 Å². The number of halogens is 3. The van der Waals surface area contributed by atoms with E-state index in [0.717, 1.165) is 12.1 Å². The van der Waals surface area contributed by atoms with Crippen molar-refractivity contribution in [3.63, 3.8) is 0 Å². The van der Waals surface area contributed by atoms with Crippen LogP contribution in [0.4, 0.5) is 13.2 Å². The average Bonchev–Trinajstić information content (AvgIpc) is 3.12. The fourth-order valence-electron chi connectivity index (χ4n) is 2.27. The van der Waals surface area contributed by atoms with Gasteiger partial charge in [0.2, 0.25) is 0 Å². The number of amides is 1. The third-order valence-corrected chi connectivity index (χ3v) is 3.50. The minimum atomic E-state index is -4.62. The molecule has 27 heavy (non-hydrogen) atoms. The Kier molecular flexibility index (Phi) is 5.39. The summed E-state index contributed by atoms with van der Waals surface area (Å²) in [5.74, 6) is 0.0439. The maximum Gasteiger partial charge on any atom is 0.417 e. The summed E-state index contributed by atoms with van der Waals surface area (Å²) in [6.45, 7) is -0.151. The molecule has 1 aromatic heterocycles. The predicted octanol–water partition coefficient (Wildman–Crippen LogP) is 3.60. The van der Waals surface area contributed by atoms with Crippen LogP contribution in [0.25, 0.3) is 0 Å². The van der Waals surface area contributed by atoms with Crippen molar-refractivity contribution in [2.24, 2.45) is 0 Å². The van der Waals surface area contributed by atoms with Crippen LogP contribution in [0.2, 0.25) is 0 Å². The molecule has 0 aliphatic rings. The van der Waals surface area contributed by atoms with E-state index >= 15 is 0 Å². The van der Waals surface area contributed by atoms with Crippen LogP contribution in [-0.4, -0.2) is 16.0 Å². The zero-order valence-electron chi connectivity index (χ0n) is 13.9. The third-order valence-electron chi connectivity index (χ3n) is 3.50. The normalized spacial score (nSPS) is 11.2. The molecule has 3 aromatic rings. The molecule has 0 radical (unpaired) electrons. The van der Waals surface area contributed by atoms with Crippen LogP contribution >= 0.6 is 0 Å². The Morgan fingerprint density at radius 1 is 1.07 bits per heavy atom. The second kappa shape index (κ2) is 7.90. The Balaban J connectivity index is 1.58. The molecule has 140 valence electrons. The monoisotopic (exact) mass is 377 g/mol. The molecule has 0 unspecified atom stereocenters. The second-order valence-corrected chi connectivity index (χ2v) is 5.43. The van der Waals surface area contributed by atoms with Gasteiger partial charge in [-0.25, -0.2) is 0 Å². The Labute approximate surface area is 152 Å². The Morgan fingerprint density at radius 3 is 2.52 bits per heavy atom. The summed E-state index contributed by atoms with van der Waals surface area (Å²) in [6.07, 6.45) is -4.62. The fourth-order valence-corrected chi connectivity index (χ4v) is 2.27. The molecule has 3 rings (SSSR count). The van der Waals surface area contributed by atoms with Crippen LogP contribution in [0.15, 0.2) is 59.1 Å². The number of alkyl halides is 3. The smallest absolute Gasteiger partial charge is 0.417 e. The molecule has 1 heterocycles. The van der Waals surface area contributed by atoms with Gasteiger partial charge in [-0.1, -0.05) is 35.5 Å². The minimum Gasteiger partial charge on any atom is -0.484 e. The quantitative estimate of drug-likeness (QED) is 0.710. The molecule has 0 spiro atoms. The van der Waals surface area contributed by atoms with Gasteiger partial charge in [-0.2, -0.15) is 18.2 Å². The fraction of sp³-hybridized carbons (Fsp3) is 0.167. The zero-order valence-corrected chi connectivity index (χ0v) is 13.9. The highest BCUT2D eigenvalue weighted by molar-refractivity contribution is 5.95. The van der Waals surface area contributed by atoms with Crippen LogP contribution in [0, 0.1) is 0 Å². The molecule has 1 N–H and O–H groups in total. The maximum atomic E-state index is 13.0. The van der Waals surface area contributed by atoms with Gasteiger partial charge in [-0.05, 0) is 24.3 Å². The Hall–Kier alpha value is -3.36. The van der Waals surface area contributed by atoms with Crippen molar-refractivity contribution in [3.05, 3.63) is 77.4 Å². The topological polar surface area (TPSA) is 77.2 Å². The summed E-state index contributed by atoms with van der Waals surface area (Å²) in [5, 5.41) is 6.01. The van der Waals surface area contributed by atoms with Crippen LogP contribution in [-0.2, 0) is 19.3 Å². The Morgan fingerprint density at radius 2 is 1.78 bits per heavy atom. The van der Waals surface area contributed by atoms with E-state index < -0.39 is 23.2 Å². The lowest BCUT2D eigenvalue weighted by molar-refractivity contribution is -0.137. The van der Waals surface area contributed by atoms with E-state index in [1.54, 1.807) is 12.1 Å². The van der Waals surface area contributed by atoms with E-state index in [1.165, 1.54) is 12.1 Å². The summed E-state index contributed by atoms with van der Waals surface area (Å²) in [6, 6.07) is 13.5. The molecule has 6 nitrogen and oxygen atoms in total. The minimum absolute atomic E-state index is 0.0296. The zero-order chi connectivity index (χ0) is 19.3. The van der Waals surface area contributed by atoms with Crippen LogP contribution in [0.1, 0.15) is 27.6 Å². The Bertz CT molecular complexity index is 911. The van der Waals surface area contributed by atoms with Crippen molar-refractivity contribution in [1.82, 2.24) is 15.5 Å². The van der Waals surface area contributed by atoms with Crippen molar-refractivity contribution in [3.8, 4) is 5.75 Å². The summed E-state index contributed by atoms with van der Waals surface area (Å²) in [5.41, 5.74) is -1.48. The number of para-hydroxylation sites is 1. The number of hydrogen-bond donors (Lipinski definition) is 1. The van der Waals surface area contributed by atoms with Gasteiger partial charge in [0.05, 0.1) is 17.7 Å². The number of benzene rings is 2. The average molecular weight is 377 g/mol. The summed E-state index contributed by atoms with van der Waals surface area (Å²) in [7, 11) is 0. The van der Waals surface area contributed by atoms with E-state index in [9.17, 15) is 18.0 Å². The number of nitrogens with zero attached hydrogens (tertiary/aromatic N) is 2. The van der Waals surface area contributed by atoms with E-state index in [0.29, 0.717) is 5.75 Å². The van der Waals surface area contributed by atoms with Gasteiger partial charge in [-0.3, -0.25) is 4.79 Å². The standard InChI is InChI=1S/C18H14F3N3O3/c19-18(20,21)14-9-5-4-8-13(14)17(25)22-10-15-23-16(27-24-15)11-26-12-6-2-1-3-7-12/h1-9H,10-11H2,(H,22,25). The lowest BCUT2D eigenvalue weighted by Crippen LogP contribution is -2.26. The van der Waals surface area contributed by atoms with E-state index in [1.807, 2.05) is 18.2 Å². The molecule has 0 saturated carbocycles. The number of ether oxygens (including phenoxy) is 1. The molecule has 0 atom stereocenters. The lowest BCUT2D eigenvalue weighted by Gasteiger charge is -2.11. The first-order valence-electron chi connectivity index (χ1n) is 7.87. The lowest BCUT2D eigenvalue weighted by atomic mass is 10.1. The highest BCUT2D eigenvalue weighted by atomic mass is 19.4. The number of hydrogen-bond acceptors (Lipinski definition) is 5. The highest BCUT2D eigenvalue weighted by Crippen LogP contribution is 2.31. The molecule has 0 aliphatic carbocycles. The van der Waals surface area contributed by atoms with E-state index in [2.05, 4.69) is 15.5 Å². The molecule has 9 heteroatoms. The number of aromatic nitrogens is 2. The summed E-state index contributed by atoms with van der Waals surface area (Å²) in [4.78, 5) is 16.1. The molecule has 0 aliphatic heterocycles. The van der Waals surface area contributed by atoms with Gasteiger partial charge >= 0.3 is 6.18 Å². The SMILES string of the molecule is O=C(NCc1noc(COc2ccccc2)n1)c1ccccc1C(F)(F)F. The van der Waals surface area contributed by atoms with Crippen LogP contribution in [0.5, 0.6) is 5.75 Å². The van der Waals surface area contributed by atoms with Gasteiger partial charge in [0.25, 0.3) is 11.8 Å². The van der Waals surface area contributed by atoms with Crippen molar-refractivity contribution in [2.75, 3.05) is 0 Å². The predicted molar refractivity (Wildman–Crippen MR) is 87.7 cm³/mol. The number of nitrogens with one attached hydrogen (secondary N) is 1.